The summed E-state index contributed by atoms with van der Waals surface area (Å²) in [6, 6.07) is 8.10. The van der Waals surface area contributed by atoms with Crippen LogP contribution in [-0.4, -0.2) is 5.91 Å². The molecule has 0 bridgehead atoms. The van der Waals surface area contributed by atoms with E-state index in [0.29, 0.717) is 0 Å². The average Bonchev–Trinajstić information content (AvgIpc) is 2.04. The molecule has 3 heteroatoms. The maximum atomic E-state index is 10.8. The first-order chi connectivity index (χ1) is 6.09. The maximum Gasteiger partial charge on any atom is 0.220 e. The van der Waals surface area contributed by atoms with Gasteiger partial charge in [0.25, 0.3) is 0 Å². The molecule has 70 valence electrons. The second kappa shape index (κ2) is 4.60. The highest BCUT2D eigenvalue weighted by molar-refractivity contribution is 14.1. The van der Waals surface area contributed by atoms with E-state index in [1.807, 2.05) is 25.1 Å². The van der Waals surface area contributed by atoms with Crippen molar-refractivity contribution in [3.8, 4) is 0 Å². The fourth-order valence-corrected chi connectivity index (χ4v) is 1.73. The van der Waals surface area contributed by atoms with Crippen molar-refractivity contribution >= 4 is 28.5 Å². The molecule has 0 radical (unpaired) electrons. The van der Waals surface area contributed by atoms with E-state index in [0.717, 1.165) is 6.42 Å². The number of rotatable bonds is 3. The van der Waals surface area contributed by atoms with Crippen molar-refractivity contribution in [2.24, 2.45) is 11.7 Å². The molecule has 13 heavy (non-hydrogen) atoms. The van der Waals surface area contributed by atoms with Crippen LogP contribution >= 0.6 is 22.6 Å². The van der Waals surface area contributed by atoms with E-state index in [4.69, 9.17) is 5.73 Å². The molecular weight excluding hydrogens is 277 g/mol. The standard InChI is InChI=1S/C10H12INO/c1-7(10(12)13)5-8-3-2-4-9(11)6-8/h2-4,6-7H,5H2,1H3,(H2,12,13). The van der Waals surface area contributed by atoms with E-state index in [1.54, 1.807) is 0 Å². The molecule has 1 unspecified atom stereocenters. The number of primary amides is 1. The third-order valence-electron chi connectivity index (χ3n) is 1.92. The van der Waals surface area contributed by atoms with Crippen molar-refractivity contribution in [1.29, 1.82) is 0 Å². The fourth-order valence-electron chi connectivity index (χ4n) is 1.12. The summed E-state index contributed by atoms with van der Waals surface area (Å²) < 4.78 is 1.19. The molecule has 0 aromatic heterocycles. The summed E-state index contributed by atoms with van der Waals surface area (Å²) in [5.41, 5.74) is 6.35. The number of amides is 1. The molecule has 0 saturated heterocycles. The lowest BCUT2D eigenvalue weighted by Crippen LogP contribution is -2.22. The zero-order valence-electron chi connectivity index (χ0n) is 7.46. The third-order valence-corrected chi connectivity index (χ3v) is 2.59. The van der Waals surface area contributed by atoms with E-state index in [-0.39, 0.29) is 11.8 Å². The molecule has 0 aliphatic rings. The SMILES string of the molecule is CC(Cc1cccc(I)c1)C(N)=O. The fraction of sp³-hybridized carbons (Fsp3) is 0.300. The van der Waals surface area contributed by atoms with Gasteiger partial charge in [0.05, 0.1) is 0 Å². The van der Waals surface area contributed by atoms with Gasteiger partial charge in [0.1, 0.15) is 0 Å². The number of hydrogen-bond donors (Lipinski definition) is 1. The zero-order valence-corrected chi connectivity index (χ0v) is 9.61. The van der Waals surface area contributed by atoms with Gasteiger partial charge in [-0.25, -0.2) is 0 Å². The molecule has 0 saturated carbocycles. The quantitative estimate of drug-likeness (QED) is 0.849. The van der Waals surface area contributed by atoms with Crippen molar-refractivity contribution < 1.29 is 4.79 Å². The molecule has 1 aromatic carbocycles. The number of hydrogen-bond acceptors (Lipinski definition) is 1. The van der Waals surface area contributed by atoms with Crippen LogP contribution in [-0.2, 0) is 11.2 Å². The Labute approximate surface area is 91.7 Å². The van der Waals surface area contributed by atoms with Gasteiger partial charge in [-0.2, -0.15) is 0 Å². The van der Waals surface area contributed by atoms with Gasteiger partial charge in [-0.05, 0) is 46.7 Å². The summed E-state index contributed by atoms with van der Waals surface area (Å²) >= 11 is 2.25. The lowest BCUT2D eigenvalue weighted by molar-refractivity contribution is -0.121. The Morgan fingerprint density at radius 2 is 2.31 bits per heavy atom. The van der Waals surface area contributed by atoms with Gasteiger partial charge in [-0.15, -0.1) is 0 Å². The van der Waals surface area contributed by atoms with Crippen molar-refractivity contribution in [2.45, 2.75) is 13.3 Å². The molecule has 1 rings (SSSR count). The van der Waals surface area contributed by atoms with Crippen LogP contribution in [0.15, 0.2) is 24.3 Å². The van der Waals surface area contributed by atoms with Crippen LogP contribution in [0.4, 0.5) is 0 Å². The first-order valence-electron chi connectivity index (χ1n) is 4.13. The molecule has 2 N–H and O–H groups in total. The molecular formula is C10H12INO. The summed E-state index contributed by atoms with van der Waals surface area (Å²) in [4.78, 5) is 10.8. The van der Waals surface area contributed by atoms with Crippen LogP contribution in [0.25, 0.3) is 0 Å². The molecule has 0 spiro atoms. The van der Waals surface area contributed by atoms with Crippen molar-refractivity contribution in [3.63, 3.8) is 0 Å². The molecule has 0 heterocycles. The number of halogens is 1. The molecule has 1 amide bonds. The Morgan fingerprint density at radius 1 is 1.62 bits per heavy atom. The minimum Gasteiger partial charge on any atom is -0.369 e. The molecule has 0 aliphatic carbocycles. The largest absolute Gasteiger partial charge is 0.369 e. The average molecular weight is 289 g/mol. The Morgan fingerprint density at radius 3 is 2.85 bits per heavy atom. The molecule has 2 nitrogen and oxygen atoms in total. The van der Waals surface area contributed by atoms with E-state index >= 15 is 0 Å². The highest BCUT2D eigenvalue weighted by Crippen LogP contribution is 2.11. The molecule has 0 fully saturated rings. The summed E-state index contributed by atoms with van der Waals surface area (Å²) in [7, 11) is 0. The zero-order chi connectivity index (χ0) is 9.84. The van der Waals surface area contributed by atoms with E-state index in [2.05, 4.69) is 28.7 Å². The Kier molecular flexibility index (Phi) is 3.71. The first-order valence-corrected chi connectivity index (χ1v) is 5.21. The van der Waals surface area contributed by atoms with Gasteiger partial charge >= 0.3 is 0 Å². The van der Waals surface area contributed by atoms with Gasteiger partial charge < -0.3 is 5.73 Å². The second-order valence-corrected chi connectivity index (χ2v) is 4.38. The molecule has 1 atom stereocenters. The highest BCUT2D eigenvalue weighted by atomic mass is 127. The van der Waals surface area contributed by atoms with Crippen LogP contribution in [0.1, 0.15) is 12.5 Å². The minimum atomic E-state index is -0.237. The highest BCUT2D eigenvalue weighted by Gasteiger charge is 2.08. The van der Waals surface area contributed by atoms with Crippen LogP contribution in [0.3, 0.4) is 0 Å². The van der Waals surface area contributed by atoms with Crippen LogP contribution in [0.2, 0.25) is 0 Å². The summed E-state index contributed by atoms with van der Waals surface area (Å²) in [5, 5.41) is 0. The van der Waals surface area contributed by atoms with Crippen molar-refractivity contribution in [3.05, 3.63) is 33.4 Å². The van der Waals surface area contributed by atoms with Gasteiger partial charge in [0.15, 0.2) is 0 Å². The predicted octanol–water partition coefficient (Wildman–Crippen LogP) is 1.96. The van der Waals surface area contributed by atoms with Crippen LogP contribution in [0, 0.1) is 9.49 Å². The summed E-state index contributed by atoms with van der Waals surface area (Å²) in [6.07, 6.45) is 0.728. The van der Waals surface area contributed by atoms with Gasteiger partial charge in [-0.1, -0.05) is 19.1 Å². The van der Waals surface area contributed by atoms with Crippen LogP contribution < -0.4 is 5.73 Å². The monoisotopic (exact) mass is 289 g/mol. The van der Waals surface area contributed by atoms with Crippen molar-refractivity contribution in [1.82, 2.24) is 0 Å². The molecule has 0 aliphatic heterocycles. The summed E-state index contributed by atoms with van der Waals surface area (Å²) in [6.45, 7) is 1.85. The lowest BCUT2D eigenvalue weighted by Gasteiger charge is -2.06. The number of carbonyl (C=O) groups is 1. The van der Waals surface area contributed by atoms with Crippen molar-refractivity contribution in [2.75, 3.05) is 0 Å². The number of carbonyl (C=O) groups excluding carboxylic acids is 1. The van der Waals surface area contributed by atoms with Gasteiger partial charge in [0, 0.05) is 9.49 Å². The maximum absolute atomic E-state index is 10.8. The van der Waals surface area contributed by atoms with Gasteiger partial charge in [-0.3, -0.25) is 4.79 Å². The number of nitrogens with two attached hydrogens (primary N) is 1. The number of benzene rings is 1. The lowest BCUT2D eigenvalue weighted by atomic mass is 10.0. The normalized spacial score (nSPS) is 12.5. The van der Waals surface area contributed by atoms with Gasteiger partial charge in [0.2, 0.25) is 5.91 Å². The summed E-state index contributed by atoms with van der Waals surface area (Å²) in [5.74, 6) is -0.322. The Bertz CT molecular complexity index is 312. The van der Waals surface area contributed by atoms with Crippen LogP contribution in [0.5, 0.6) is 0 Å². The van der Waals surface area contributed by atoms with E-state index < -0.39 is 0 Å². The smallest absolute Gasteiger partial charge is 0.220 e. The minimum absolute atomic E-state index is 0.0850. The topological polar surface area (TPSA) is 43.1 Å². The van der Waals surface area contributed by atoms with E-state index in [9.17, 15) is 4.79 Å². The van der Waals surface area contributed by atoms with E-state index in [1.165, 1.54) is 9.13 Å². The second-order valence-electron chi connectivity index (χ2n) is 3.14. The first kappa shape index (κ1) is 10.5. The Balaban J connectivity index is 2.69. The third kappa shape index (κ3) is 3.34. The predicted molar refractivity (Wildman–Crippen MR) is 61.2 cm³/mol. The Hall–Kier alpha value is -0.580. The molecule has 1 aromatic rings.